The van der Waals surface area contributed by atoms with E-state index in [0.717, 1.165) is 5.69 Å². The van der Waals surface area contributed by atoms with E-state index in [-0.39, 0.29) is 31.0 Å². The highest BCUT2D eigenvalue weighted by Gasteiger charge is 2.36. The van der Waals surface area contributed by atoms with E-state index in [4.69, 9.17) is 0 Å². The molecule has 1 saturated carbocycles. The highest BCUT2D eigenvalue weighted by molar-refractivity contribution is 5.94. The van der Waals surface area contributed by atoms with Crippen molar-refractivity contribution in [2.45, 2.75) is 45.0 Å². The molecular weight excluding hydrogens is 236 g/mol. The number of pyridine rings is 1. The van der Waals surface area contributed by atoms with Gasteiger partial charge < -0.3 is 0 Å². The Balaban J connectivity index is 1.99. The van der Waals surface area contributed by atoms with Gasteiger partial charge in [-0.25, -0.2) is 8.78 Å². The minimum absolute atomic E-state index is 0.0413. The van der Waals surface area contributed by atoms with Crippen molar-refractivity contribution in [1.29, 1.82) is 0 Å². The normalized spacial score (nSPS) is 22.7. The van der Waals surface area contributed by atoms with Crippen molar-refractivity contribution in [2.75, 3.05) is 0 Å². The molecule has 18 heavy (non-hydrogen) atoms. The molecule has 1 unspecified atom stereocenters. The first-order valence-electron chi connectivity index (χ1n) is 6.31. The molecule has 0 spiro atoms. The van der Waals surface area contributed by atoms with Crippen molar-refractivity contribution < 1.29 is 13.6 Å². The molecule has 0 amide bonds. The lowest BCUT2D eigenvalue weighted by Crippen LogP contribution is -2.27. The van der Waals surface area contributed by atoms with Gasteiger partial charge in [0.15, 0.2) is 5.78 Å². The van der Waals surface area contributed by atoms with Crippen LogP contribution in [0.5, 0.6) is 0 Å². The number of rotatable bonds is 3. The van der Waals surface area contributed by atoms with Crippen molar-refractivity contribution in [2.24, 2.45) is 5.92 Å². The molecule has 0 N–H and O–H groups in total. The number of alkyl halides is 2. The Kier molecular flexibility index (Phi) is 3.73. The molecule has 1 aromatic rings. The number of carbonyl (C=O) groups is 1. The summed E-state index contributed by atoms with van der Waals surface area (Å²) in [4.78, 5) is 16.1. The summed E-state index contributed by atoms with van der Waals surface area (Å²) in [5, 5.41) is 0. The number of carbonyl (C=O) groups excluding carboxylic acids is 1. The van der Waals surface area contributed by atoms with E-state index < -0.39 is 5.92 Å². The third kappa shape index (κ3) is 3.34. The zero-order chi connectivity index (χ0) is 13.2. The highest BCUT2D eigenvalue weighted by atomic mass is 19.3. The molecule has 0 bridgehead atoms. The van der Waals surface area contributed by atoms with Gasteiger partial charge in [-0.1, -0.05) is 6.07 Å². The standard InChI is InChI=1S/C14H17F2NO/c1-10-4-2-6-12(17-10)13(18)8-11-5-3-7-14(15,16)9-11/h2,4,6,11H,3,5,7-9H2,1H3. The number of nitrogens with zero attached hydrogens (tertiary/aromatic N) is 1. The minimum Gasteiger partial charge on any atom is -0.292 e. The zero-order valence-electron chi connectivity index (χ0n) is 10.5. The summed E-state index contributed by atoms with van der Waals surface area (Å²) in [5.74, 6) is -2.92. The van der Waals surface area contributed by atoms with Crippen LogP contribution in [0.15, 0.2) is 18.2 Å². The molecule has 0 radical (unpaired) electrons. The van der Waals surface area contributed by atoms with Gasteiger partial charge in [0, 0.05) is 25.0 Å². The summed E-state index contributed by atoms with van der Waals surface area (Å²) >= 11 is 0. The van der Waals surface area contributed by atoms with E-state index >= 15 is 0 Å². The molecule has 1 aliphatic carbocycles. The molecule has 1 aromatic heterocycles. The van der Waals surface area contributed by atoms with Gasteiger partial charge in [-0.3, -0.25) is 9.78 Å². The Morgan fingerprint density at radius 2 is 2.28 bits per heavy atom. The molecule has 1 heterocycles. The largest absolute Gasteiger partial charge is 0.292 e. The summed E-state index contributed by atoms with van der Waals surface area (Å²) in [6.45, 7) is 1.81. The maximum absolute atomic E-state index is 13.2. The van der Waals surface area contributed by atoms with Crippen molar-refractivity contribution >= 4 is 5.78 Å². The molecular formula is C14H17F2NO. The van der Waals surface area contributed by atoms with Gasteiger partial charge in [0.05, 0.1) is 0 Å². The number of aromatic nitrogens is 1. The van der Waals surface area contributed by atoms with Gasteiger partial charge in [0.2, 0.25) is 5.92 Å². The smallest absolute Gasteiger partial charge is 0.248 e. The van der Waals surface area contributed by atoms with Gasteiger partial charge in [-0.15, -0.1) is 0 Å². The van der Waals surface area contributed by atoms with Crippen LogP contribution >= 0.6 is 0 Å². The number of aryl methyl sites for hydroxylation is 1. The van der Waals surface area contributed by atoms with Crippen LogP contribution < -0.4 is 0 Å². The second kappa shape index (κ2) is 5.12. The van der Waals surface area contributed by atoms with Crippen LogP contribution in [0.1, 0.15) is 48.3 Å². The fourth-order valence-electron chi connectivity index (χ4n) is 2.52. The second-order valence-corrected chi connectivity index (χ2v) is 5.11. The van der Waals surface area contributed by atoms with Gasteiger partial charge in [-0.2, -0.15) is 0 Å². The molecule has 2 nitrogen and oxygen atoms in total. The van der Waals surface area contributed by atoms with Gasteiger partial charge in [0.25, 0.3) is 0 Å². The number of Topliss-reactive ketones (excluding diaryl/α,β-unsaturated/α-hetero) is 1. The lowest BCUT2D eigenvalue weighted by Gasteiger charge is -2.28. The average molecular weight is 253 g/mol. The van der Waals surface area contributed by atoms with Crippen LogP contribution in [-0.4, -0.2) is 16.7 Å². The first kappa shape index (κ1) is 13.1. The fraction of sp³-hybridized carbons (Fsp3) is 0.571. The molecule has 98 valence electrons. The predicted octanol–water partition coefficient (Wildman–Crippen LogP) is 3.79. The van der Waals surface area contributed by atoms with Gasteiger partial charge in [-0.05, 0) is 37.8 Å². The topological polar surface area (TPSA) is 30.0 Å². The molecule has 2 rings (SSSR count). The van der Waals surface area contributed by atoms with Crippen molar-refractivity contribution in [3.8, 4) is 0 Å². The molecule has 0 aliphatic heterocycles. The molecule has 1 atom stereocenters. The first-order chi connectivity index (χ1) is 8.46. The quantitative estimate of drug-likeness (QED) is 0.767. The van der Waals surface area contributed by atoms with Crippen LogP contribution in [-0.2, 0) is 0 Å². The van der Waals surface area contributed by atoms with E-state index in [1.54, 1.807) is 12.1 Å². The minimum atomic E-state index is -2.59. The summed E-state index contributed by atoms with van der Waals surface area (Å²) in [6, 6.07) is 5.23. The Hall–Kier alpha value is -1.32. The molecule has 1 fully saturated rings. The predicted molar refractivity (Wildman–Crippen MR) is 64.8 cm³/mol. The van der Waals surface area contributed by atoms with Crippen molar-refractivity contribution in [3.63, 3.8) is 0 Å². The van der Waals surface area contributed by atoms with E-state index in [0.29, 0.717) is 18.5 Å². The first-order valence-corrected chi connectivity index (χ1v) is 6.31. The number of hydrogen-bond acceptors (Lipinski definition) is 2. The third-order valence-electron chi connectivity index (χ3n) is 3.39. The van der Waals surface area contributed by atoms with Gasteiger partial charge >= 0.3 is 0 Å². The number of hydrogen-bond donors (Lipinski definition) is 0. The molecule has 1 aliphatic rings. The lowest BCUT2D eigenvalue weighted by atomic mass is 9.83. The maximum Gasteiger partial charge on any atom is 0.248 e. The Labute approximate surface area is 105 Å². The molecule has 4 heteroatoms. The zero-order valence-corrected chi connectivity index (χ0v) is 10.5. The third-order valence-corrected chi connectivity index (χ3v) is 3.39. The fourth-order valence-corrected chi connectivity index (χ4v) is 2.52. The maximum atomic E-state index is 13.2. The van der Waals surface area contributed by atoms with Crippen LogP contribution in [0, 0.1) is 12.8 Å². The molecule has 0 aromatic carbocycles. The average Bonchev–Trinajstić information content (AvgIpc) is 2.27. The Bertz CT molecular complexity index is 445. The summed E-state index contributed by atoms with van der Waals surface area (Å²) in [5.41, 5.74) is 1.17. The summed E-state index contributed by atoms with van der Waals surface area (Å²) in [6.07, 6.45) is 1.20. The van der Waals surface area contributed by atoms with E-state index in [1.165, 1.54) is 0 Å². The van der Waals surface area contributed by atoms with Crippen molar-refractivity contribution in [3.05, 3.63) is 29.6 Å². The Morgan fingerprint density at radius 3 is 2.94 bits per heavy atom. The monoisotopic (exact) mass is 253 g/mol. The van der Waals surface area contributed by atoms with Crippen LogP contribution in [0.25, 0.3) is 0 Å². The van der Waals surface area contributed by atoms with Gasteiger partial charge in [0.1, 0.15) is 5.69 Å². The summed E-state index contributed by atoms with van der Waals surface area (Å²) < 4.78 is 26.5. The summed E-state index contributed by atoms with van der Waals surface area (Å²) in [7, 11) is 0. The SMILES string of the molecule is Cc1cccc(C(=O)CC2CCCC(F)(F)C2)n1. The lowest BCUT2D eigenvalue weighted by molar-refractivity contribution is -0.0521. The van der Waals surface area contributed by atoms with Crippen LogP contribution in [0.4, 0.5) is 8.78 Å². The molecule has 0 saturated heterocycles. The second-order valence-electron chi connectivity index (χ2n) is 5.11. The number of ketones is 1. The van der Waals surface area contributed by atoms with Crippen LogP contribution in [0.3, 0.4) is 0 Å². The Morgan fingerprint density at radius 1 is 1.50 bits per heavy atom. The van der Waals surface area contributed by atoms with E-state index in [2.05, 4.69) is 4.98 Å². The highest BCUT2D eigenvalue weighted by Crippen LogP contribution is 2.38. The van der Waals surface area contributed by atoms with E-state index in [1.807, 2.05) is 13.0 Å². The van der Waals surface area contributed by atoms with Crippen molar-refractivity contribution in [1.82, 2.24) is 4.98 Å². The number of halogens is 2. The van der Waals surface area contributed by atoms with E-state index in [9.17, 15) is 13.6 Å². The van der Waals surface area contributed by atoms with Crippen LogP contribution in [0.2, 0.25) is 0 Å².